The number of rotatable bonds is 5. The fourth-order valence-corrected chi connectivity index (χ4v) is 3.81. The Labute approximate surface area is 138 Å². The van der Waals surface area contributed by atoms with Gasteiger partial charge in [-0.05, 0) is 49.8 Å². The van der Waals surface area contributed by atoms with Crippen LogP contribution in [0.25, 0.3) is 0 Å². The maximum Gasteiger partial charge on any atom is 0.254 e. The summed E-state index contributed by atoms with van der Waals surface area (Å²) in [6, 6.07) is 5.63. The van der Waals surface area contributed by atoms with Crippen LogP contribution in [0.15, 0.2) is 18.2 Å². The molecule has 4 heteroatoms. The molecule has 23 heavy (non-hydrogen) atoms. The van der Waals surface area contributed by atoms with E-state index in [2.05, 4.69) is 0 Å². The van der Waals surface area contributed by atoms with Gasteiger partial charge in [0.1, 0.15) is 5.75 Å². The lowest BCUT2D eigenvalue weighted by molar-refractivity contribution is 0.0196. The maximum atomic E-state index is 12.9. The van der Waals surface area contributed by atoms with Gasteiger partial charge in [0.2, 0.25) is 0 Å². The van der Waals surface area contributed by atoms with Gasteiger partial charge in [-0.1, -0.05) is 18.9 Å². The maximum absolute atomic E-state index is 12.9. The summed E-state index contributed by atoms with van der Waals surface area (Å²) in [5.74, 6) is 1.56. The summed E-state index contributed by atoms with van der Waals surface area (Å²) in [5.41, 5.74) is 1.61. The molecule has 0 spiro atoms. The molecule has 2 aliphatic rings. The molecular weight excluding hydrogens is 290 g/mol. The largest absolute Gasteiger partial charge is 0.496 e. The van der Waals surface area contributed by atoms with E-state index in [9.17, 15) is 9.90 Å². The van der Waals surface area contributed by atoms with Crippen molar-refractivity contribution in [3.05, 3.63) is 29.3 Å². The molecule has 2 fully saturated rings. The molecule has 0 aromatic heterocycles. The highest BCUT2D eigenvalue weighted by molar-refractivity contribution is 5.94. The molecule has 3 rings (SSSR count). The summed E-state index contributed by atoms with van der Waals surface area (Å²) >= 11 is 0. The molecule has 1 aliphatic heterocycles. The number of hydrogen-bond donors (Lipinski definition) is 1. The van der Waals surface area contributed by atoms with Gasteiger partial charge < -0.3 is 14.7 Å². The Balaban J connectivity index is 1.76. The monoisotopic (exact) mass is 317 g/mol. The standard InChI is InChI=1S/C19H27NO3/c1-14-4-7-16(10-17(14)23-2)18(22)20-9-3-8-19(12-20,13-21)11-15-5-6-15/h4,7,10,15,21H,3,5-6,8-9,11-13H2,1-2H3/t19-/m0/s1. The first-order valence-electron chi connectivity index (χ1n) is 8.62. The Morgan fingerprint density at radius 3 is 2.87 bits per heavy atom. The number of nitrogens with zero attached hydrogens (tertiary/aromatic N) is 1. The van der Waals surface area contributed by atoms with E-state index < -0.39 is 0 Å². The number of piperidine rings is 1. The van der Waals surface area contributed by atoms with Gasteiger partial charge >= 0.3 is 0 Å². The van der Waals surface area contributed by atoms with E-state index in [1.165, 1.54) is 12.8 Å². The van der Waals surface area contributed by atoms with Crippen LogP contribution in [0.2, 0.25) is 0 Å². The van der Waals surface area contributed by atoms with Crippen molar-refractivity contribution in [2.45, 2.75) is 39.0 Å². The van der Waals surface area contributed by atoms with Crippen molar-refractivity contribution >= 4 is 5.91 Å². The van der Waals surface area contributed by atoms with Gasteiger partial charge in [-0.2, -0.15) is 0 Å². The van der Waals surface area contributed by atoms with E-state index in [1.54, 1.807) is 7.11 Å². The average molecular weight is 317 g/mol. The Morgan fingerprint density at radius 2 is 2.22 bits per heavy atom. The highest BCUT2D eigenvalue weighted by atomic mass is 16.5. The second-order valence-electron chi connectivity index (χ2n) is 7.32. The highest BCUT2D eigenvalue weighted by Crippen LogP contribution is 2.44. The van der Waals surface area contributed by atoms with Crippen molar-refractivity contribution in [2.75, 3.05) is 26.8 Å². The predicted octanol–water partition coefficient (Wildman–Crippen LogP) is 3.02. The summed E-state index contributed by atoms with van der Waals surface area (Å²) in [7, 11) is 1.63. The summed E-state index contributed by atoms with van der Waals surface area (Å²) < 4.78 is 5.34. The predicted molar refractivity (Wildman–Crippen MR) is 89.7 cm³/mol. The minimum atomic E-state index is -0.0934. The number of aliphatic hydroxyl groups excluding tert-OH is 1. The Bertz CT molecular complexity index is 582. The van der Waals surface area contributed by atoms with Gasteiger partial charge in [-0.25, -0.2) is 0 Å². The van der Waals surface area contributed by atoms with Crippen LogP contribution < -0.4 is 4.74 Å². The number of aliphatic hydroxyl groups is 1. The Morgan fingerprint density at radius 1 is 1.43 bits per heavy atom. The van der Waals surface area contributed by atoms with Crippen molar-refractivity contribution in [1.29, 1.82) is 0 Å². The molecule has 1 aromatic rings. The number of amides is 1. The van der Waals surface area contributed by atoms with Crippen LogP contribution >= 0.6 is 0 Å². The third-order valence-electron chi connectivity index (χ3n) is 5.36. The van der Waals surface area contributed by atoms with Gasteiger partial charge in [0.15, 0.2) is 0 Å². The molecule has 4 nitrogen and oxygen atoms in total. The van der Waals surface area contributed by atoms with Crippen LogP contribution in [0.1, 0.15) is 48.0 Å². The second-order valence-corrected chi connectivity index (χ2v) is 7.32. The summed E-state index contributed by atoms with van der Waals surface area (Å²) in [6.45, 7) is 3.61. The third kappa shape index (κ3) is 3.52. The van der Waals surface area contributed by atoms with E-state index in [0.717, 1.165) is 43.0 Å². The van der Waals surface area contributed by atoms with Crippen LogP contribution in [0, 0.1) is 18.3 Å². The first kappa shape index (κ1) is 16.3. The summed E-state index contributed by atoms with van der Waals surface area (Å²) in [5, 5.41) is 9.95. The fourth-order valence-electron chi connectivity index (χ4n) is 3.81. The Kier molecular flexibility index (Phi) is 4.62. The average Bonchev–Trinajstić information content (AvgIpc) is 3.38. The molecule has 0 unspecified atom stereocenters. The van der Waals surface area contributed by atoms with Crippen molar-refractivity contribution < 1.29 is 14.6 Å². The zero-order valence-corrected chi connectivity index (χ0v) is 14.2. The van der Waals surface area contributed by atoms with Crippen LogP contribution in [0.4, 0.5) is 0 Å². The van der Waals surface area contributed by atoms with Gasteiger partial charge in [-0.3, -0.25) is 4.79 Å². The Hall–Kier alpha value is -1.55. The minimum absolute atomic E-state index is 0.0524. The minimum Gasteiger partial charge on any atom is -0.496 e. The molecular formula is C19H27NO3. The van der Waals surface area contributed by atoms with Crippen molar-refractivity contribution in [3.8, 4) is 5.75 Å². The number of carbonyl (C=O) groups is 1. The van der Waals surface area contributed by atoms with Crippen LogP contribution in [-0.2, 0) is 0 Å². The third-order valence-corrected chi connectivity index (χ3v) is 5.36. The number of aryl methyl sites for hydroxylation is 1. The molecule has 1 aromatic carbocycles. The lowest BCUT2D eigenvalue weighted by Gasteiger charge is -2.42. The molecule has 1 aliphatic carbocycles. The summed E-state index contributed by atoms with van der Waals surface area (Å²) in [4.78, 5) is 14.8. The smallest absolute Gasteiger partial charge is 0.254 e. The summed E-state index contributed by atoms with van der Waals surface area (Å²) in [6.07, 6.45) is 5.63. The molecule has 0 bridgehead atoms. The SMILES string of the molecule is COc1cc(C(=O)N2CCC[C@](CO)(CC3CC3)C2)ccc1C. The van der Waals surface area contributed by atoms with E-state index >= 15 is 0 Å². The zero-order valence-electron chi connectivity index (χ0n) is 14.2. The highest BCUT2D eigenvalue weighted by Gasteiger charge is 2.41. The molecule has 1 saturated carbocycles. The number of ether oxygens (including phenoxy) is 1. The molecule has 1 amide bonds. The lowest BCUT2D eigenvalue weighted by atomic mass is 9.76. The number of carbonyl (C=O) groups excluding carboxylic acids is 1. The van der Waals surface area contributed by atoms with Crippen LogP contribution in [-0.4, -0.2) is 42.7 Å². The van der Waals surface area contributed by atoms with Gasteiger partial charge in [0, 0.05) is 24.1 Å². The van der Waals surface area contributed by atoms with E-state index in [-0.39, 0.29) is 17.9 Å². The molecule has 1 saturated heterocycles. The van der Waals surface area contributed by atoms with Crippen molar-refractivity contribution in [3.63, 3.8) is 0 Å². The van der Waals surface area contributed by atoms with E-state index in [4.69, 9.17) is 4.74 Å². The zero-order chi connectivity index (χ0) is 16.4. The first-order valence-corrected chi connectivity index (χ1v) is 8.62. The van der Waals surface area contributed by atoms with Gasteiger partial charge in [0.25, 0.3) is 5.91 Å². The van der Waals surface area contributed by atoms with Gasteiger partial charge in [-0.15, -0.1) is 0 Å². The van der Waals surface area contributed by atoms with Crippen molar-refractivity contribution in [2.24, 2.45) is 11.3 Å². The normalized spacial score (nSPS) is 24.6. The molecule has 1 heterocycles. The molecule has 1 N–H and O–H groups in total. The number of methoxy groups -OCH3 is 1. The second kappa shape index (κ2) is 6.52. The molecule has 0 radical (unpaired) electrons. The van der Waals surface area contributed by atoms with Crippen LogP contribution in [0.3, 0.4) is 0 Å². The number of benzene rings is 1. The van der Waals surface area contributed by atoms with Crippen molar-refractivity contribution in [1.82, 2.24) is 4.90 Å². The number of hydrogen-bond acceptors (Lipinski definition) is 3. The fraction of sp³-hybridized carbons (Fsp3) is 0.632. The lowest BCUT2D eigenvalue weighted by Crippen LogP contribution is -2.48. The van der Waals surface area contributed by atoms with Gasteiger partial charge in [0.05, 0.1) is 13.7 Å². The molecule has 126 valence electrons. The molecule has 1 atom stereocenters. The topological polar surface area (TPSA) is 49.8 Å². The van der Waals surface area contributed by atoms with E-state index in [1.807, 2.05) is 30.0 Å². The number of likely N-dealkylation sites (tertiary alicyclic amines) is 1. The van der Waals surface area contributed by atoms with E-state index in [0.29, 0.717) is 12.1 Å². The first-order chi connectivity index (χ1) is 11.1. The quantitative estimate of drug-likeness (QED) is 0.908. The van der Waals surface area contributed by atoms with Crippen LogP contribution in [0.5, 0.6) is 5.75 Å².